The van der Waals surface area contributed by atoms with Crippen LogP contribution < -0.4 is 5.32 Å². The summed E-state index contributed by atoms with van der Waals surface area (Å²) in [7, 11) is 1.31. The molecule has 0 aliphatic carbocycles. The summed E-state index contributed by atoms with van der Waals surface area (Å²) in [5.41, 5.74) is 0.652. The number of nitrogens with one attached hydrogen (secondary N) is 1. The molecule has 1 aliphatic heterocycles. The number of esters is 1. The van der Waals surface area contributed by atoms with Gasteiger partial charge in [-0.2, -0.15) is 0 Å². The quantitative estimate of drug-likeness (QED) is 0.789. The third-order valence-electron chi connectivity index (χ3n) is 5.52. The van der Waals surface area contributed by atoms with Gasteiger partial charge in [-0.3, -0.25) is 9.59 Å². The second-order valence-electron chi connectivity index (χ2n) is 7.87. The van der Waals surface area contributed by atoms with Crippen LogP contribution in [-0.2, 0) is 14.3 Å². The number of ether oxygens (including phenoxy) is 1. The SMILES string of the molecule is COC(=O)[C@@H](NC(=O)C1CCCN(C(=O)c2cccc3ccccc23)C1)C(C)C. The number of benzene rings is 2. The molecule has 3 rings (SSSR count). The minimum Gasteiger partial charge on any atom is -0.467 e. The number of nitrogens with zero attached hydrogens (tertiary/aromatic N) is 1. The smallest absolute Gasteiger partial charge is 0.328 e. The molecule has 0 bridgehead atoms. The Balaban J connectivity index is 1.74. The summed E-state index contributed by atoms with van der Waals surface area (Å²) in [4.78, 5) is 39.7. The number of hydrogen-bond acceptors (Lipinski definition) is 4. The highest BCUT2D eigenvalue weighted by Gasteiger charge is 2.33. The third kappa shape index (κ3) is 4.58. The molecule has 1 saturated heterocycles. The van der Waals surface area contributed by atoms with Gasteiger partial charge in [0.15, 0.2) is 0 Å². The van der Waals surface area contributed by atoms with Gasteiger partial charge < -0.3 is 15.0 Å². The summed E-state index contributed by atoms with van der Waals surface area (Å²) in [5.74, 6) is -1.14. The lowest BCUT2D eigenvalue weighted by atomic mass is 9.94. The second kappa shape index (κ2) is 9.07. The molecule has 1 heterocycles. The van der Waals surface area contributed by atoms with E-state index >= 15 is 0 Å². The number of carbonyl (C=O) groups excluding carboxylic acids is 3. The molecule has 2 amide bonds. The molecule has 1 unspecified atom stereocenters. The van der Waals surface area contributed by atoms with Crippen molar-refractivity contribution in [2.45, 2.75) is 32.7 Å². The van der Waals surface area contributed by atoms with E-state index in [1.165, 1.54) is 7.11 Å². The highest BCUT2D eigenvalue weighted by Crippen LogP contribution is 2.24. The zero-order valence-corrected chi connectivity index (χ0v) is 17.2. The number of methoxy groups -OCH3 is 1. The van der Waals surface area contributed by atoms with E-state index in [0.717, 1.165) is 17.2 Å². The number of piperidine rings is 1. The van der Waals surface area contributed by atoms with Gasteiger partial charge in [0.1, 0.15) is 6.04 Å². The Morgan fingerprint density at radius 1 is 1.10 bits per heavy atom. The lowest BCUT2D eigenvalue weighted by molar-refractivity contribution is -0.147. The van der Waals surface area contributed by atoms with Gasteiger partial charge in [0, 0.05) is 18.7 Å². The number of fused-ring (bicyclic) bond motifs is 1. The second-order valence-corrected chi connectivity index (χ2v) is 7.87. The lowest BCUT2D eigenvalue weighted by Crippen LogP contribution is -2.51. The molecule has 1 N–H and O–H groups in total. The van der Waals surface area contributed by atoms with Gasteiger partial charge in [-0.1, -0.05) is 50.2 Å². The Labute approximate surface area is 171 Å². The number of likely N-dealkylation sites (tertiary alicyclic amines) is 1. The number of rotatable bonds is 5. The van der Waals surface area contributed by atoms with Crippen LogP contribution in [0.3, 0.4) is 0 Å². The Morgan fingerprint density at radius 3 is 2.55 bits per heavy atom. The van der Waals surface area contributed by atoms with Gasteiger partial charge in [0.2, 0.25) is 5.91 Å². The van der Waals surface area contributed by atoms with Crippen LogP contribution in [0.2, 0.25) is 0 Å². The minimum atomic E-state index is -0.684. The summed E-state index contributed by atoms with van der Waals surface area (Å²) in [5, 5.41) is 4.74. The minimum absolute atomic E-state index is 0.0623. The Hall–Kier alpha value is -2.89. The van der Waals surface area contributed by atoms with Crippen LogP contribution in [0.15, 0.2) is 42.5 Å². The number of hydrogen-bond donors (Lipinski definition) is 1. The van der Waals surface area contributed by atoms with Gasteiger partial charge >= 0.3 is 5.97 Å². The van der Waals surface area contributed by atoms with Gasteiger partial charge in [0.05, 0.1) is 13.0 Å². The first-order valence-corrected chi connectivity index (χ1v) is 10.1. The van der Waals surface area contributed by atoms with Crippen LogP contribution in [0.5, 0.6) is 0 Å². The fourth-order valence-electron chi connectivity index (χ4n) is 3.85. The predicted molar refractivity (Wildman–Crippen MR) is 111 cm³/mol. The lowest BCUT2D eigenvalue weighted by Gasteiger charge is -2.33. The van der Waals surface area contributed by atoms with Crippen molar-refractivity contribution in [3.8, 4) is 0 Å². The average Bonchev–Trinajstić information content (AvgIpc) is 2.75. The monoisotopic (exact) mass is 396 g/mol. The van der Waals surface area contributed by atoms with Crippen LogP contribution in [0.4, 0.5) is 0 Å². The fourth-order valence-corrected chi connectivity index (χ4v) is 3.85. The normalized spacial score (nSPS) is 17.8. The van der Waals surface area contributed by atoms with Crippen molar-refractivity contribution in [2.24, 2.45) is 11.8 Å². The van der Waals surface area contributed by atoms with Crippen LogP contribution in [0, 0.1) is 11.8 Å². The molecule has 2 aromatic rings. The maximum atomic E-state index is 13.2. The van der Waals surface area contributed by atoms with Gasteiger partial charge in [-0.25, -0.2) is 4.79 Å². The van der Waals surface area contributed by atoms with Crippen molar-refractivity contribution in [3.05, 3.63) is 48.0 Å². The highest BCUT2D eigenvalue weighted by molar-refractivity contribution is 6.07. The Kier molecular flexibility index (Phi) is 6.52. The van der Waals surface area contributed by atoms with Crippen molar-refractivity contribution in [1.29, 1.82) is 0 Å². The van der Waals surface area contributed by atoms with Crippen molar-refractivity contribution in [3.63, 3.8) is 0 Å². The summed E-state index contributed by atoms with van der Waals surface area (Å²) in [6.45, 7) is 4.69. The van der Waals surface area contributed by atoms with Crippen LogP contribution in [0.1, 0.15) is 37.0 Å². The average molecular weight is 396 g/mol. The van der Waals surface area contributed by atoms with E-state index in [4.69, 9.17) is 4.74 Å². The summed E-state index contributed by atoms with van der Waals surface area (Å²) in [6.07, 6.45) is 1.44. The maximum Gasteiger partial charge on any atom is 0.328 e. The van der Waals surface area contributed by atoms with Gasteiger partial charge in [-0.15, -0.1) is 0 Å². The number of carbonyl (C=O) groups is 3. The molecule has 1 aliphatic rings. The predicted octanol–water partition coefficient (Wildman–Crippen LogP) is 3.01. The first kappa shape index (κ1) is 20.8. The summed E-state index contributed by atoms with van der Waals surface area (Å²) >= 11 is 0. The van der Waals surface area contributed by atoms with E-state index in [-0.39, 0.29) is 23.7 Å². The Bertz CT molecular complexity index is 903. The molecule has 154 valence electrons. The van der Waals surface area contributed by atoms with Gasteiger partial charge in [0.25, 0.3) is 5.91 Å². The van der Waals surface area contributed by atoms with E-state index in [1.807, 2.05) is 56.3 Å². The van der Waals surface area contributed by atoms with E-state index in [9.17, 15) is 14.4 Å². The first-order valence-electron chi connectivity index (χ1n) is 10.1. The van der Waals surface area contributed by atoms with E-state index < -0.39 is 12.0 Å². The number of amides is 2. The standard InChI is InChI=1S/C23H28N2O4/c1-15(2)20(23(28)29-3)24-21(26)17-10-7-13-25(14-17)22(27)19-12-6-9-16-8-4-5-11-18(16)19/h4-6,8-9,11-12,15,17,20H,7,10,13-14H2,1-3H3,(H,24,26)/t17?,20-/m0/s1. The molecule has 0 radical (unpaired) electrons. The molecule has 0 aromatic heterocycles. The van der Waals surface area contributed by atoms with Gasteiger partial charge in [-0.05, 0) is 35.6 Å². The maximum absolute atomic E-state index is 13.2. The zero-order valence-electron chi connectivity index (χ0n) is 17.2. The van der Waals surface area contributed by atoms with E-state index in [1.54, 1.807) is 4.90 Å². The van der Waals surface area contributed by atoms with E-state index in [2.05, 4.69) is 5.32 Å². The molecule has 6 nitrogen and oxygen atoms in total. The molecule has 1 fully saturated rings. The van der Waals surface area contributed by atoms with Crippen molar-refractivity contribution >= 4 is 28.6 Å². The van der Waals surface area contributed by atoms with E-state index in [0.29, 0.717) is 25.1 Å². The van der Waals surface area contributed by atoms with Crippen molar-refractivity contribution in [2.75, 3.05) is 20.2 Å². The topological polar surface area (TPSA) is 75.7 Å². The molecular weight excluding hydrogens is 368 g/mol. The Morgan fingerprint density at radius 2 is 1.83 bits per heavy atom. The highest BCUT2D eigenvalue weighted by atomic mass is 16.5. The van der Waals surface area contributed by atoms with Crippen LogP contribution in [0.25, 0.3) is 10.8 Å². The van der Waals surface area contributed by atoms with Crippen molar-refractivity contribution in [1.82, 2.24) is 10.2 Å². The third-order valence-corrected chi connectivity index (χ3v) is 5.52. The summed E-state index contributed by atoms with van der Waals surface area (Å²) < 4.78 is 4.80. The largest absolute Gasteiger partial charge is 0.467 e. The first-order chi connectivity index (χ1) is 13.9. The zero-order chi connectivity index (χ0) is 21.0. The molecule has 0 saturated carbocycles. The molecule has 29 heavy (non-hydrogen) atoms. The molecule has 6 heteroatoms. The van der Waals surface area contributed by atoms with Crippen LogP contribution >= 0.6 is 0 Å². The molecule has 2 aromatic carbocycles. The van der Waals surface area contributed by atoms with Crippen molar-refractivity contribution < 1.29 is 19.1 Å². The summed E-state index contributed by atoms with van der Waals surface area (Å²) in [6, 6.07) is 12.8. The molecular formula is C23H28N2O4. The molecule has 2 atom stereocenters. The fraction of sp³-hybridized carbons (Fsp3) is 0.435. The molecule has 0 spiro atoms. The van der Waals surface area contributed by atoms with Crippen LogP contribution in [-0.4, -0.2) is 48.9 Å².